The third-order valence-corrected chi connectivity index (χ3v) is 4.95. The molecule has 0 radical (unpaired) electrons. The Kier molecular flexibility index (Phi) is 5.29. The van der Waals surface area contributed by atoms with E-state index in [0.29, 0.717) is 32.0 Å². The van der Waals surface area contributed by atoms with E-state index in [9.17, 15) is 9.59 Å². The third-order valence-electron chi connectivity index (χ3n) is 4.95. The minimum Gasteiger partial charge on any atom is -0.365 e. The van der Waals surface area contributed by atoms with Gasteiger partial charge in [-0.15, -0.1) is 0 Å². The summed E-state index contributed by atoms with van der Waals surface area (Å²) in [5.41, 5.74) is 1.96. The number of nitrogens with one attached hydrogen (secondary N) is 1. The molecule has 0 unspecified atom stereocenters. The normalized spacial score (nSPS) is 19.5. The number of rotatable bonds is 5. The summed E-state index contributed by atoms with van der Waals surface area (Å²) in [5.74, 6) is 1.68. The van der Waals surface area contributed by atoms with Gasteiger partial charge in [-0.05, 0) is 12.8 Å². The predicted molar refractivity (Wildman–Crippen MR) is 100 cm³/mol. The monoisotopic (exact) mass is 360 g/mol. The molecule has 3 rings (SSSR count). The molecule has 8 nitrogen and oxygen atoms in total. The fourth-order valence-electron chi connectivity index (χ4n) is 3.55. The largest absolute Gasteiger partial charge is 0.365 e. The van der Waals surface area contributed by atoms with Gasteiger partial charge in [0.05, 0.1) is 18.3 Å². The molecule has 0 bridgehead atoms. The highest BCUT2D eigenvalue weighted by molar-refractivity contribution is 5.80. The van der Waals surface area contributed by atoms with Crippen LogP contribution in [0.2, 0.25) is 0 Å². The number of hydrogen-bond donors (Lipinski definition) is 1. The molecule has 3 heterocycles. The Morgan fingerprint density at radius 3 is 2.77 bits per heavy atom. The van der Waals surface area contributed by atoms with Crippen LogP contribution in [-0.4, -0.2) is 71.4 Å². The third kappa shape index (κ3) is 3.73. The number of likely N-dealkylation sites (tertiary alicyclic amines) is 1. The number of amides is 2. The highest BCUT2D eigenvalue weighted by atomic mass is 16.2. The van der Waals surface area contributed by atoms with Crippen LogP contribution in [0, 0.1) is 0 Å². The van der Waals surface area contributed by atoms with E-state index in [4.69, 9.17) is 0 Å². The standard InChI is InChI=1S/C18H28N6O2/c1-5-7-24-10-13(9-16(24)26)19-17-14-6-8-23(12(2)25)11-15(14)20-18(21-17)22(3)4/h13H,5-11H2,1-4H3,(H,19,20,21)/t13-/m1/s1. The van der Waals surface area contributed by atoms with Crippen LogP contribution < -0.4 is 10.2 Å². The zero-order valence-electron chi connectivity index (χ0n) is 16.1. The zero-order valence-corrected chi connectivity index (χ0v) is 16.1. The number of aromatic nitrogens is 2. The van der Waals surface area contributed by atoms with Gasteiger partial charge < -0.3 is 20.0 Å². The van der Waals surface area contributed by atoms with Crippen LogP contribution in [0.5, 0.6) is 0 Å². The fraction of sp³-hybridized carbons (Fsp3) is 0.667. The van der Waals surface area contributed by atoms with E-state index < -0.39 is 0 Å². The Morgan fingerprint density at radius 1 is 1.35 bits per heavy atom. The lowest BCUT2D eigenvalue weighted by Gasteiger charge is -2.30. The van der Waals surface area contributed by atoms with E-state index in [-0.39, 0.29) is 17.9 Å². The average Bonchev–Trinajstić information content (AvgIpc) is 2.93. The van der Waals surface area contributed by atoms with Crippen molar-refractivity contribution < 1.29 is 9.59 Å². The van der Waals surface area contributed by atoms with Gasteiger partial charge in [-0.3, -0.25) is 9.59 Å². The van der Waals surface area contributed by atoms with Gasteiger partial charge in [0, 0.05) is 52.6 Å². The highest BCUT2D eigenvalue weighted by Crippen LogP contribution is 2.27. The fourth-order valence-corrected chi connectivity index (χ4v) is 3.55. The maximum absolute atomic E-state index is 12.1. The summed E-state index contributed by atoms with van der Waals surface area (Å²) < 4.78 is 0. The molecule has 26 heavy (non-hydrogen) atoms. The molecule has 0 spiro atoms. The predicted octanol–water partition coefficient (Wildman–Crippen LogP) is 0.870. The number of fused-ring (bicyclic) bond motifs is 1. The van der Waals surface area contributed by atoms with Crippen LogP contribution >= 0.6 is 0 Å². The van der Waals surface area contributed by atoms with Crippen molar-refractivity contribution >= 4 is 23.6 Å². The van der Waals surface area contributed by atoms with Crippen LogP contribution in [0.1, 0.15) is 37.9 Å². The van der Waals surface area contributed by atoms with Gasteiger partial charge in [0.15, 0.2) is 0 Å². The van der Waals surface area contributed by atoms with Crippen molar-refractivity contribution in [1.29, 1.82) is 0 Å². The molecule has 0 aliphatic carbocycles. The summed E-state index contributed by atoms with van der Waals surface area (Å²) >= 11 is 0. The Labute approximate surface area is 154 Å². The van der Waals surface area contributed by atoms with E-state index >= 15 is 0 Å². The van der Waals surface area contributed by atoms with Crippen LogP contribution in [0.15, 0.2) is 0 Å². The van der Waals surface area contributed by atoms with Gasteiger partial charge in [0.2, 0.25) is 17.8 Å². The molecule has 0 saturated carbocycles. The molecular weight excluding hydrogens is 332 g/mol. The molecule has 1 aromatic rings. The van der Waals surface area contributed by atoms with Crippen molar-refractivity contribution in [2.45, 2.75) is 45.7 Å². The lowest BCUT2D eigenvalue weighted by atomic mass is 10.0. The Balaban J connectivity index is 1.85. The van der Waals surface area contributed by atoms with Crippen LogP contribution in [0.4, 0.5) is 11.8 Å². The second-order valence-corrected chi connectivity index (χ2v) is 7.27. The van der Waals surface area contributed by atoms with Crippen molar-refractivity contribution in [2.24, 2.45) is 0 Å². The first-order valence-corrected chi connectivity index (χ1v) is 9.26. The number of anilines is 2. The van der Waals surface area contributed by atoms with Gasteiger partial charge in [-0.25, -0.2) is 4.98 Å². The van der Waals surface area contributed by atoms with Crippen LogP contribution in [0.3, 0.4) is 0 Å². The Morgan fingerprint density at radius 2 is 2.12 bits per heavy atom. The van der Waals surface area contributed by atoms with E-state index in [1.54, 1.807) is 11.8 Å². The zero-order chi connectivity index (χ0) is 18.8. The van der Waals surface area contributed by atoms with E-state index in [0.717, 1.165) is 36.5 Å². The lowest BCUT2D eigenvalue weighted by molar-refractivity contribution is -0.130. The minimum absolute atomic E-state index is 0.0618. The molecule has 1 fully saturated rings. The maximum atomic E-state index is 12.1. The molecule has 1 atom stereocenters. The molecular formula is C18H28N6O2. The summed E-state index contributed by atoms with van der Waals surface area (Å²) in [6, 6.07) is 0.0638. The summed E-state index contributed by atoms with van der Waals surface area (Å²) in [5, 5.41) is 3.48. The summed E-state index contributed by atoms with van der Waals surface area (Å²) in [4.78, 5) is 38.8. The second-order valence-electron chi connectivity index (χ2n) is 7.27. The number of carbonyl (C=O) groups excluding carboxylic acids is 2. The van der Waals surface area contributed by atoms with E-state index in [2.05, 4.69) is 22.2 Å². The second kappa shape index (κ2) is 7.47. The van der Waals surface area contributed by atoms with Gasteiger partial charge in [-0.2, -0.15) is 4.98 Å². The van der Waals surface area contributed by atoms with Crippen LogP contribution in [0.25, 0.3) is 0 Å². The molecule has 2 amide bonds. The molecule has 142 valence electrons. The maximum Gasteiger partial charge on any atom is 0.227 e. The Hall–Kier alpha value is -2.38. The highest BCUT2D eigenvalue weighted by Gasteiger charge is 2.31. The van der Waals surface area contributed by atoms with Gasteiger partial charge in [0.25, 0.3) is 0 Å². The first-order valence-electron chi connectivity index (χ1n) is 9.26. The Bertz CT molecular complexity index is 705. The number of carbonyl (C=O) groups is 2. The quantitative estimate of drug-likeness (QED) is 0.839. The summed E-state index contributed by atoms with van der Waals surface area (Å²) in [6.07, 6.45) is 2.19. The van der Waals surface area contributed by atoms with Crippen molar-refractivity contribution in [3.63, 3.8) is 0 Å². The molecule has 2 aliphatic rings. The van der Waals surface area contributed by atoms with Gasteiger partial charge >= 0.3 is 0 Å². The smallest absolute Gasteiger partial charge is 0.227 e. The van der Waals surface area contributed by atoms with E-state index in [1.165, 1.54) is 0 Å². The number of hydrogen-bond acceptors (Lipinski definition) is 6. The first kappa shape index (κ1) is 18.4. The van der Waals surface area contributed by atoms with Crippen molar-refractivity contribution in [2.75, 3.05) is 43.9 Å². The molecule has 2 aliphatic heterocycles. The topological polar surface area (TPSA) is 81.7 Å². The van der Waals surface area contributed by atoms with Crippen molar-refractivity contribution in [3.8, 4) is 0 Å². The minimum atomic E-state index is 0.0618. The first-order chi connectivity index (χ1) is 12.4. The molecule has 1 N–H and O–H groups in total. The molecule has 1 saturated heterocycles. The van der Waals surface area contributed by atoms with Crippen molar-refractivity contribution in [1.82, 2.24) is 19.8 Å². The van der Waals surface area contributed by atoms with Gasteiger partial charge in [-0.1, -0.05) is 6.92 Å². The van der Waals surface area contributed by atoms with Gasteiger partial charge in [0.1, 0.15) is 5.82 Å². The van der Waals surface area contributed by atoms with E-state index in [1.807, 2.05) is 23.9 Å². The SMILES string of the molecule is CCCN1C[C@H](Nc2nc(N(C)C)nc3c2CCN(C(C)=O)C3)CC1=O. The van der Waals surface area contributed by atoms with Crippen molar-refractivity contribution in [3.05, 3.63) is 11.3 Å². The average molecular weight is 360 g/mol. The molecule has 0 aromatic carbocycles. The summed E-state index contributed by atoms with van der Waals surface area (Å²) in [6.45, 7) is 6.36. The molecule has 8 heteroatoms. The molecule has 1 aromatic heterocycles. The lowest BCUT2D eigenvalue weighted by Crippen LogP contribution is -2.36. The summed E-state index contributed by atoms with van der Waals surface area (Å²) in [7, 11) is 3.80. The van der Waals surface area contributed by atoms with Crippen LogP contribution in [-0.2, 0) is 22.6 Å². The number of nitrogens with zero attached hydrogens (tertiary/aromatic N) is 5.